The summed E-state index contributed by atoms with van der Waals surface area (Å²) in [4.78, 5) is 12.8. The van der Waals surface area contributed by atoms with E-state index in [1.165, 1.54) is 0 Å². The quantitative estimate of drug-likeness (QED) is 0.543. The van der Waals surface area contributed by atoms with Gasteiger partial charge >= 0.3 is 0 Å². The van der Waals surface area contributed by atoms with Crippen LogP contribution in [0.25, 0.3) is 0 Å². The largest absolute Gasteiger partial charge is 0.374 e. The maximum atomic E-state index is 11.1. The van der Waals surface area contributed by atoms with Crippen molar-refractivity contribution >= 4 is 5.78 Å². The van der Waals surface area contributed by atoms with Gasteiger partial charge in [-0.15, -0.1) is 0 Å². The number of hydrogen-bond donors (Lipinski definition) is 2. The van der Waals surface area contributed by atoms with Gasteiger partial charge in [0.15, 0.2) is 0 Å². The molecule has 12 heavy (non-hydrogen) atoms. The molecule has 0 aliphatic carbocycles. The van der Waals surface area contributed by atoms with Gasteiger partial charge in [-0.05, 0) is 21.0 Å². The monoisotopic (exact) mass is 172 g/mol. The topological polar surface area (TPSA) is 52.6 Å². The zero-order valence-corrected chi connectivity index (χ0v) is 7.79. The highest BCUT2D eigenvalue weighted by Crippen LogP contribution is 2.21. The van der Waals surface area contributed by atoms with E-state index in [9.17, 15) is 9.90 Å². The molecule has 0 radical (unpaired) electrons. The number of likely N-dealkylation sites (N-methyl/N-ethyl adjacent to an activating group) is 2. The van der Waals surface area contributed by atoms with Crippen LogP contribution in [0.5, 0.6) is 0 Å². The van der Waals surface area contributed by atoms with E-state index in [1.807, 2.05) is 0 Å². The number of Topliss-reactive ketones (excluding diaryl/α,β-unsaturated/α-hetero) is 1. The first kappa shape index (κ1) is 9.64. The van der Waals surface area contributed by atoms with Crippen LogP contribution in [0, 0.1) is 0 Å². The highest BCUT2D eigenvalue weighted by Gasteiger charge is 2.40. The SMILES string of the molecule is CNC1CC(=O)CN(C)C1(C)O. The molecule has 2 atom stereocenters. The van der Waals surface area contributed by atoms with Crippen LogP contribution in [0.15, 0.2) is 0 Å². The van der Waals surface area contributed by atoms with Gasteiger partial charge in [0.05, 0.1) is 12.6 Å². The van der Waals surface area contributed by atoms with Gasteiger partial charge in [0.2, 0.25) is 0 Å². The molecule has 4 nitrogen and oxygen atoms in total. The number of carbonyl (C=O) groups is 1. The molecule has 2 unspecified atom stereocenters. The number of aliphatic hydroxyl groups is 1. The van der Waals surface area contributed by atoms with Crippen LogP contribution >= 0.6 is 0 Å². The lowest BCUT2D eigenvalue weighted by molar-refractivity contribution is -0.151. The van der Waals surface area contributed by atoms with Crippen molar-refractivity contribution in [2.75, 3.05) is 20.6 Å². The first-order valence-corrected chi connectivity index (χ1v) is 4.11. The Kier molecular flexibility index (Phi) is 2.51. The second-order valence-corrected chi connectivity index (χ2v) is 3.53. The summed E-state index contributed by atoms with van der Waals surface area (Å²) in [6.07, 6.45) is 0.411. The van der Waals surface area contributed by atoms with Gasteiger partial charge in [-0.25, -0.2) is 0 Å². The summed E-state index contributed by atoms with van der Waals surface area (Å²) in [6.45, 7) is 2.06. The molecule has 0 saturated carbocycles. The minimum absolute atomic E-state index is 0.163. The molecular weight excluding hydrogens is 156 g/mol. The van der Waals surface area contributed by atoms with Crippen LogP contribution < -0.4 is 5.32 Å². The minimum atomic E-state index is -0.914. The number of nitrogens with zero attached hydrogens (tertiary/aromatic N) is 1. The van der Waals surface area contributed by atoms with E-state index in [2.05, 4.69) is 5.32 Å². The van der Waals surface area contributed by atoms with Gasteiger partial charge in [-0.3, -0.25) is 9.69 Å². The Morgan fingerprint density at radius 3 is 2.83 bits per heavy atom. The molecule has 1 aliphatic rings. The molecule has 1 fully saturated rings. The fourth-order valence-corrected chi connectivity index (χ4v) is 1.55. The molecule has 0 bridgehead atoms. The Bertz CT molecular complexity index is 191. The molecule has 0 amide bonds. The second-order valence-electron chi connectivity index (χ2n) is 3.53. The number of nitrogens with one attached hydrogen (secondary N) is 1. The lowest BCUT2D eigenvalue weighted by atomic mass is 9.94. The van der Waals surface area contributed by atoms with E-state index < -0.39 is 5.72 Å². The Morgan fingerprint density at radius 1 is 1.75 bits per heavy atom. The molecule has 2 N–H and O–H groups in total. The van der Waals surface area contributed by atoms with Crippen LogP contribution in [-0.2, 0) is 4.79 Å². The normalized spacial score (nSPS) is 38.7. The van der Waals surface area contributed by atoms with Gasteiger partial charge in [0.25, 0.3) is 0 Å². The zero-order chi connectivity index (χ0) is 9.35. The van der Waals surface area contributed by atoms with Crippen molar-refractivity contribution in [3.05, 3.63) is 0 Å². The Morgan fingerprint density at radius 2 is 2.33 bits per heavy atom. The summed E-state index contributed by atoms with van der Waals surface area (Å²) < 4.78 is 0. The van der Waals surface area contributed by atoms with Crippen molar-refractivity contribution in [2.24, 2.45) is 0 Å². The van der Waals surface area contributed by atoms with E-state index in [0.717, 1.165) is 0 Å². The summed E-state index contributed by atoms with van der Waals surface area (Å²) in [5.41, 5.74) is -0.914. The first-order valence-electron chi connectivity index (χ1n) is 4.11. The molecule has 0 spiro atoms. The fourth-order valence-electron chi connectivity index (χ4n) is 1.55. The Labute approximate surface area is 72.6 Å². The number of ketones is 1. The molecule has 0 aromatic rings. The minimum Gasteiger partial charge on any atom is -0.374 e. The summed E-state index contributed by atoms with van der Waals surface area (Å²) >= 11 is 0. The van der Waals surface area contributed by atoms with Gasteiger partial charge in [-0.1, -0.05) is 0 Å². The molecular formula is C8H16N2O2. The number of hydrogen-bond acceptors (Lipinski definition) is 4. The van der Waals surface area contributed by atoms with Crippen LogP contribution in [0.2, 0.25) is 0 Å². The second kappa shape index (κ2) is 3.12. The Balaban J connectivity index is 2.77. The summed E-state index contributed by atoms with van der Waals surface area (Å²) in [6, 6.07) is -0.163. The van der Waals surface area contributed by atoms with Crippen LogP contribution in [0.4, 0.5) is 0 Å². The highest BCUT2D eigenvalue weighted by molar-refractivity contribution is 5.82. The zero-order valence-electron chi connectivity index (χ0n) is 7.79. The van der Waals surface area contributed by atoms with Crippen molar-refractivity contribution in [1.29, 1.82) is 0 Å². The first-order chi connectivity index (χ1) is 5.48. The number of piperidine rings is 1. The third kappa shape index (κ3) is 1.50. The molecule has 0 aromatic carbocycles. The van der Waals surface area contributed by atoms with E-state index in [0.29, 0.717) is 13.0 Å². The van der Waals surface area contributed by atoms with Gasteiger partial charge < -0.3 is 10.4 Å². The molecule has 0 aromatic heterocycles. The van der Waals surface area contributed by atoms with Gasteiger partial charge in [0, 0.05) is 6.42 Å². The number of carbonyl (C=O) groups excluding carboxylic acids is 1. The predicted molar refractivity (Wildman–Crippen MR) is 45.7 cm³/mol. The lowest BCUT2D eigenvalue weighted by Gasteiger charge is -2.43. The summed E-state index contributed by atoms with van der Waals surface area (Å²) in [5.74, 6) is 0.170. The fraction of sp³-hybridized carbons (Fsp3) is 0.875. The van der Waals surface area contributed by atoms with Crippen molar-refractivity contribution in [1.82, 2.24) is 10.2 Å². The molecule has 1 aliphatic heterocycles. The van der Waals surface area contributed by atoms with Gasteiger partial charge in [-0.2, -0.15) is 0 Å². The molecule has 4 heteroatoms. The van der Waals surface area contributed by atoms with Crippen LogP contribution in [0.3, 0.4) is 0 Å². The van der Waals surface area contributed by atoms with E-state index in [4.69, 9.17) is 0 Å². The molecule has 1 rings (SSSR count). The average Bonchev–Trinajstić information content (AvgIpc) is 1.97. The van der Waals surface area contributed by atoms with E-state index >= 15 is 0 Å². The highest BCUT2D eigenvalue weighted by atomic mass is 16.3. The predicted octanol–water partition coefficient (Wildman–Crippen LogP) is -0.812. The standard InChI is InChI=1S/C8H16N2O2/c1-8(12)7(9-2)4-6(11)5-10(8)3/h7,9,12H,4-5H2,1-3H3. The number of likely N-dealkylation sites (tertiary alicyclic amines) is 1. The summed E-state index contributed by atoms with van der Waals surface area (Å²) in [7, 11) is 3.51. The van der Waals surface area contributed by atoms with Crippen molar-refractivity contribution in [3.63, 3.8) is 0 Å². The van der Waals surface area contributed by atoms with Crippen LogP contribution in [0.1, 0.15) is 13.3 Å². The van der Waals surface area contributed by atoms with Crippen LogP contribution in [-0.4, -0.2) is 48.2 Å². The molecule has 1 heterocycles. The lowest BCUT2D eigenvalue weighted by Crippen LogP contribution is -2.63. The van der Waals surface area contributed by atoms with Gasteiger partial charge in [0.1, 0.15) is 11.5 Å². The maximum absolute atomic E-state index is 11.1. The smallest absolute Gasteiger partial charge is 0.148 e. The van der Waals surface area contributed by atoms with E-state index in [-0.39, 0.29) is 11.8 Å². The van der Waals surface area contributed by atoms with Crippen molar-refractivity contribution < 1.29 is 9.90 Å². The van der Waals surface area contributed by atoms with Crippen molar-refractivity contribution in [3.8, 4) is 0 Å². The average molecular weight is 172 g/mol. The third-order valence-electron chi connectivity index (χ3n) is 2.63. The van der Waals surface area contributed by atoms with Crippen molar-refractivity contribution in [2.45, 2.75) is 25.1 Å². The maximum Gasteiger partial charge on any atom is 0.148 e. The number of rotatable bonds is 1. The van der Waals surface area contributed by atoms with E-state index in [1.54, 1.807) is 25.9 Å². The third-order valence-corrected chi connectivity index (χ3v) is 2.63. The molecule has 70 valence electrons. The summed E-state index contributed by atoms with van der Waals surface area (Å²) in [5, 5.41) is 12.9. The molecule has 1 saturated heterocycles. The Hall–Kier alpha value is -0.450.